The maximum absolute atomic E-state index is 11.6. The summed E-state index contributed by atoms with van der Waals surface area (Å²) in [5, 5.41) is 18.0. The van der Waals surface area contributed by atoms with Gasteiger partial charge in [-0.25, -0.2) is 0 Å². The number of nitrogens with zero attached hydrogens (tertiary/aromatic N) is 3. The maximum atomic E-state index is 11.6. The lowest BCUT2D eigenvalue weighted by Gasteiger charge is -2.07. The first-order chi connectivity index (χ1) is 7.27. The second-order valence-electron chi connectivity index (χ2n) is 2.94. The largest absolute Gasteiger partial charge is 0.341 e. The molecule has 0 bridgehead atoms. The van der Waals surface area contributed by atoms with Crippen molar-refractivity contribution in [3.63, 3.8) is 0 Å². The third-order valence-corrected chi connectivity index (χ3v) is 2.71. The maximum Gasteiger partial charge on any atom is 0.261 e. The van der Waals surface area contributed by atoms with Crippen molar-refractivity contribution in [2.45, 2.75) is 13.0 Å². The first-order valence-corrected chi connectivity index (χ1v) is 5.23. The van der Waals surface area contributed by atoms with Crippen molar-refractivity contribution in [1.29, 1.82) is 0 Å². The fourth-order valence-corrected chi connectivity index (χ4v) is 1.72. The lowest BCUT2D eigenvalue weighted by atomic mass is 10.3. The van der Waals surface area contributed by atoms with Crippen LogP contribution in [0.4, 0.5) is 0 Å². The summed E-state index contributed by atoms with van der Waals surface area (Å²) in [4.78, 5) is 12.3. The molecular formula is C8H9N5OS. The molecule has 0 aromatic carbocycles. The van der Waals surface area contributed by atoms with Crippen LogP contribution < -0.4 is 5.32 Å². The molecule has 0 aliphatic carbocycles. The number of carbonyl (C=O) groups is 1. The molecule has 15 heavy (non-hydrogen) atoms. The zero-order valence-corrected chi connectivity index (χ0v) is 8.78. The Morgan fingerprint density at radius 1 is 1.67 bits per heavy atom. The van der Waals surface area contributed by atoms with E-state index in [0.717, 1.165) is 0 Å². The SMILES string of the molecule is CC(NC(=O)c1cccs1)c1nn[nH]n1. The zero-order chi connectivity index (χ0) is 10.7. The number of rotatable bonds is 3. The number of hydrogen-bond acceptors (Lipinski definition) is 5. The lowest BCUT2D eigenvalue weighted by Crippen LogP contribution is -2.26. The van der Waals surface area contributed by atoms with Gasteiger partial charge in [-0.1, -0.05) is 11.3 Å². The minimum atomic E-state index is -0.252. The quantitative estimate of drug-likeness (QED) is 0.804. The molecule has 0 fully saturated rings. The van der Waals surface area contributed by atoms with Crippen LogP contribution in [0.3, 0.4) is 0 Å². The molecule has 0 saturated carbocycles. The van der Waals surface area contributed by atoms with Gasteiger partial charge in [-0.05, 0) is 18.4 Å². The molecule has 2 aromatic heterocycles. The number of aromatic amines is 1. The van der Waals surface area contributed by atoms with Gasteiger partial charge in [-0.3, -0.25) is 4.79 Å². The van der Waals surface area contributed by atoms with E-state index in [2.05, 4.69) is 25.9 Å². The minimum absolute atomic E-state index is 0.123. The summed E-state index contributed by atoms with van der Waals surface area (Å²) in [7, 11) is 0. The summed E-state index contributed by atoms with van der Waals surface area (Å²) >= 11 is 1.39. The fraction of sp³-hybridized carbons (Fsp3) is 0.250. The number of thiophene rings is 1. The van der Waals surface area contributed by atoms with Gasteiger partial charge in [0.2, 0.25) is 0 Å². The highest BCUT2D eigenvalue weighted by atomic mass is 32.1. The first-order valence-electron chi connectivity index (χ1n) is 4.35. The molecule has 2 heterocycles. The number of H-pyrrole nitrogens is 1. The van der Waals surface area contributed by atoms with E-state index in [9.17, 15) is 4.79 Å². The van der Waals surface area contributed by atoms with E-state index in [0.29, 0.717) is 10.7 Å². The van der Waals surface area contributed by atoms with Crippen molar-refractivity contribution in [2.24, 2.45) is 0 Å². The second-order valence-corrected chi connectivity index (χ2v) is 3.89. The van der Waals surface area contributed by atoms with Crippen LogP contribution >= 0.6 is 11.3 Å². The van der Waals surface area contributed by atoms with E-state index in [4.69, 9.17) is 0 Å². The van der Waals surface area contributed by atoms with Gasteiger partial charge in [0.25, 0.3) is 5.91 Å². The number of nitrogens with one attached hydrogen (secondary N) is 2. The van der Waals surface area contributed by atoms with Gasteiger partial charge in [-0.2, -0.15) is 5.21 Å². The van der Waals surface area contributed by atoms with E-state index in [1.54, 1.807) is 13.0 Å². The summed E-state index contributed by atoms with van der Waals surface area (Å²) in [6.07, 6.45) is 0. The Balaban J connectivity index is 2.01. The van der Waals surface area contributed by atoms with Crippen LogP contribution in [0.5, 0.6) is 0 Å². The summed E-state index contributed by atoms with van der Waals surface area (Å²) < 4.78 is 0. The third kappa shape index (κ3) is 2.18. The topological polar surface area (TPSA) is 83.6 Å². The fourth-order valence-electron chi connectivity index (χ4n) is 1.09. The Kier molecular flexibility index (Phi) is 2.72. The second kappa shape index (κ2) is 4.18. The molecule has 7 heteroatoms. The molecule has 1 amide bonds. The van der Waals surface area contributed by atoms with Crippen molar-refractivity contribution in [2.75, 3.05) is 0 Å². The van der Waals surface area contributed by atoms with E-state index in [-0.39, 0.29) is 11.9 Å². The molecule has 2 N–H and O–H groups in total. The van der Waals surface area contributed by atoms with Crippen LogP contribution in [-0.2, 0) is 0 Å². The highest BCUT2D eigenvalue weighted by Crippen LogP contribution is 2.11. The van der Waals surface area contributed by atoms with Crippen molar-refractivity contribution in [1.82, 2.24) is 25.9 Å². The number of aromatic nitrogens is 4. The number of amides is 1. The monoisotopic (exact) mass is 223 g/mol. The normalized spacial score (nSPS) is 12.3. The van der Waals surface area contributed by atoms with Gasteiger partial charge in [0.05, 0.1) is 10.9 Å². The van der Waals surface area contributed by atoms with Crippen molar-refractivity contribution < 1.29 is 4.79 Å². The van der Waals surface area contributed by atoms with Crippen LogP contribution in [0, 0.1) is 0 Å². The Labute approximate surface area is 89.7 Å². The summed E-state index contributed by atoms with van der Waals surface area (Å²) in [5.74, 6) is 0.349. The molecule has 0 aliphatic heterocycles. The minimum Gasteiger partial charge on any atom is -0.341 e. The summed E-state index contributed by atoms with van der Waals surface area (Å²) in [6, 6.07) is 3.35. The van der Waals surface area contributed by atoms with Gasteiger partial charge in [0.1, 0.15) is 0 Å². The predicted molar refractivity (Wildman–Crippen MR) is 54.4 cm³/mol. The molecule has 0 aliphatic rings. The standard InChI is InChI=1S/C8H9N5OS/c1-5(7-10-12-13-11-7)9-8(14)6-3-2-4-15-6/h2-5H,1H3,(H,9,14)(H,10,11,12,13). The molecule has 1 atom stereocenters. The number of hydrogen-bond donors (Lipinski definition) is 2. The molecule has 2 rings (SSSR count). The van der Waals surface area contributed by atoms with Gasteiger partial charge in [0, 0.05) is 0 Å². The Morgan fingerprint density at radius 2 is 2.53 bits per heavy atom. The predicted octanol–water partition coefficient (Wildman–Crippen LogP) is 0.752. The number of tetrazole rings is 1. The van der Waals surface area contributed by atoms with Crippen molar-refractivity contribution in [3.05, 3.63) is 28.2 Å². The third-order valence-electron chi connectivity index (χ3n) is 1.84. The molecule has 1 unspecified atom stereocenters. The van der Waals surface area contributed by atoms with E-state index >= 15 is 0 Å². The van der Waals surface area contributed by atoms with Gasteiger partial charge >= 0.3 is 0 Å². The average Bonchev–Trinajstić information content (AvgIpc) is 2.91. The molecule has 0 saturated heterocycles. The highest BCUT2D eigenvalue weighted by Gasteiger charge is 2.14. The zero-order valence-electron chi connectivity index (χ0n) is 7.97. The smallest absolute Gasteiger partial charge is 0.261 e. The van der Waals surface area contributed by atoms with Gasteiger partial charge in [0.15, 0.2) is 5.82 Å². The molecule has 6 nitrogen and oxygen atoms in total. The Bertz CT molecular complexity index is 424. The van der Waals surface area contributed by atoms with Crippen LogP contribution in [-0.4, -0.2) is 26.5 Å². The van der Waals surface area contributed by atoms with Gasteiger partial charge < -0.3 is 5.32 Å². The Hall–Kier alpha value is -1.76. The van der Waals surface area contributed by atoms with E-state index in [1.807, 2.05) is 11.4 Å². The first kappa shape index (κ1) is 9.78. The molecule has 0 radical (unpaired) electrons. The van der Waals surface area contributed by atoms with E-state index in [1.165, 1.54) is 11.3 Å². The van der Waals surface area contributed by atoms with Crippen LogP contribution in [0.15, 0.2) is 17.5 Å². The van der Waals surface area contributed by atoms with Crippen LogP contribution in [0.1, 0.15) is 28.5 Å². The van der Waals surface area contributed by atoms with Crippen LogP contribution in [0.25, 0.3) is 0 Å². The van der Waals surface area contributed by atoms with Crippen LogP contribution in [0.2, 0.25) is 0 Å². The average molecular weight is 223 g/mol. The molecule has 0 spiro atoms. The summed E-state index contributed by atoms with van der Waals surface area (Å²) in [5.41, 5.74) is 0. The molecule has 2 aromatic rings. The van der Waals surface area contributed by atoms with Crippen molar-refractivity contribution >= 4 is 17.2 Å². The number of carbonyl (C=O) groups excluding carboxylic acids is 1. The van der Waals surface area contributed by atoms with Gasteiger partial charge in [-0.15, -0.1) is 21.5 Å². The lowest BCUT2D eigenvalue weighted by molar-refractivity contribution is 0.0942. The van der Waals surface area contributed by atoms with E-state index < -0.39 is 0 Å². The molecular weight excluding hydrogens is 214 g/mol. The highest BCUT2D eigenvalue weighted by molar-refractivity contribution is 7.12. The van der Waals surface area contributed by atoms with Crippen molar-refractivity contribution in [3.8, 4) is 0 Å². The summed E-state index contributed by atoms with van der Waals surface area (Å²) in [6.45, 7) is 1.80. The molecule has 78 valence electrons. The Morgan fingerprint density at radius 3 is 3.13 bits per heavy atom.